The molecule has 0 aromatic heterocycles. The highest BCUT2D eigenvalue weighted by atomic mass is 16.2. The quantitative estimate of drug-likeness (QED) is 0.724. The van der Waals surface area contributed by atoms with Gasteiger partial charge in [0.15, 0.2) is 0 Å². The number of amides is 1. The molecular formula is C14H16N2O. The van der Waals surface area contributed by atoms with Crippen molar-refractivity contribution in [3.63, 3.8) is 0 Å². The lowest BCUT2D eigenvalue weighted by Gasteiger charge is -2.18. The molecule has 1 fully saturated rings. The van der Waals surface area contributed by atoms with Gasteiger partial charge in [-0.15, -0.1) is 0 Å². The minimum absolute atomic E-state index is 0.0521. The standard InChI is InChI=1S/C14H16N2O/c1-14(2)10-11(14)13(17)16(3)15-12(10)9-7-5-4-6-8-9/h4-8,10-11H,1-3H3/t10-,11+/m0/s1. The van der Waals surface area contributed by atoms with Crippen LogP contribution in [0.5, 0.6) is 0 Å². The lowest BCUT2D eigenvalue weighted by Crippen LogP contribution is -2.31. The van der Waals surface area contributed by atoms with E-state index in [4.69, 9.17) is 0 Å². The normalized spacial score (nSPS) is 29.7. The van der Waals surface area contributed by atoms with Crippen molar-refractivity contribution in [2.45, 2.75) is 13.8 Å². The molecule has 1 amide bonds. The van der Waals surface area contributed by atoms with Crippen LogP contribution >= 0.6 is 0 Å². The zero-order valence-electron chi connectivity index (χ0n) is 10.3. The van der Waals surface area contributed by atoms with Gasteiger partial charge >= 0.3 is 0 Å². The fourth-order valence-electron chi connectivity index (χ4n) is 2.93. The molecule has 3 nitrogen and oxygen atoms in total. The zero-order valence-corrected chi connectivity index (χ0v) is 10.3. The summed E-state index contributed by atoms with van der Waals surface area (Å²) in [4.78, 5) is 12.0. The Morgan fingerprint density at radius 2 is 1.82 bits per heavy atom. The van der Waals surface area contributed by atoms with Crippen LogP contribution in [0.3, 0.4) is 0 Å². The van der Waals surface area contributed by atoms with Crippen molar-refractivity contribution in [3.05, 3.63) is 35.9 Å². The Bertz CT molecular complexity index is 504. The average Bonchev–Trinajstić information content (AvgIpc) is 2.89. The molecule has 3 heteroatoms. The maximum absolute atomic E-state index is 12.0. The first-order valence-corrected chi connectivity index (χ1v) is 5.95. The third-order valence-corrected chi connectivity index (χ3v) is 4.03. The SMILES string of the molecule is CN1N=C(c2ccccc2)[C@@H]2[C@H](C1=O)C2(C)C. The predicted octanol–water partition coefficient (Wildman–Crippen LogP) is 2.13. The number of hydrogen-bond donors (Lipinski definition) is 0. The molecule has 0 radical (unpaired) electrons. The molecule has 3 rings (SSSR count). The number of hydrazone groups is 1. The number of fused-ring (bicyclic) bond motifs is 1. The number of carbonyl (C=O) groups excluding carboxylic acids is 1. The molecular weight excluding hydrogens is 212 g/mol. The number of rotatable bonds is 1. The van der Waals surface area contributed by atoms with Gasteiger partial charge in [-0.3, -0.25) is 4.79 Å². The Kier molecular flexibility index (Phi) is 1.97. The van der Waals surface area contributed by atoms with E-state index in [2.05, 4.69) is 31.1 Å². The molecule has 0 unspecified atom stereocenters. The van der Waals surface area contributed by atoms with Crippen molar-refractivity contribution < 1.29 is 4.79 Å². The van der Waals surface area contributed by atoms with Crippen LogP contribution in [0, 0.1) is 17.3 Å². The van der Waals surface area contributed by atoms with Crippen LogP contribution in [0.1, 0.15) is 19.4 Å². The molecule has 0 saturated heterocycles. The highest BCUT2D eigenvalue weighted by Crippen LogP contribution is 2.61. The molecule has 0 spiro atoms. The fraction of sp³-hybridized carbons (Fsp3) is 0.429. The molecule has 88 valence electrons. The zero-order chi connectivity index (χ0) is 12.2. The van der Waals surface area contributed by atoms with Crippen LogP contribution in [-0.2, 0) is 4.79 Å². The second kappa shape index (κ2) is 3.19. The average molecular weight is 228 g/mol. The molecule has 2 atom stereocenters. The van der Waals surface area contributed by atoms with Crippen molar-refractivity contribution in [1.29, 1.82) is 0 Å². The van der Waals surface area contributed by atoms with Gasteiger partial charge in [0.05, 0.1) is 11.6 Å². The van der Waals surface area contributed by atoms with Crippen LogP contribution in [0.25, 0.3) is 0 Å². The van der Waals surface area contributed by atoms with Crippen molar-refractivity contribution in [1.82, 2.24) is 5.01 Å². The van der Waals surface area contributed by atoms with Gasteiger partial charge in [0.25, 0.3) is 0 Å². The summed E-state index contributed by atoms with van der Waals surface area (Å²) >= 11 is 0. The minimum Gasteiger partial charge on any atom is -0.273 e. The van der Waals surface area contributed by atoms with E-state index in [1.807, 2.05) is 18.2 Å². The van der Waals surface area contributed by atoms with Gasteiger partial charge in [0, 0.05) is 13.0 Å². The first kappa shape index (κ1) is 10.5. The summed E-state index contributed by atoms with van der Waals surface area (Å²) in [5.74, 6) is 0.550. The van der Waals surface area contributed by atoms with Crippen LogP contribution < -0.4 is 0 Å². The second-order valence-corrected chi connectivity index (χ2v) is 5.49. The van der Waals surface area contributed by atoms with Gasteiger partial charge in [-0.05, 0) is 11.0 Å². The Labute approximate surface area is 101 Å². The van der Waals surface area contributed by atoms with E-state index < -0.39 is 0 Å². The molecule has 1 saturated carbocycles. The Morgan fingerprint density at radius 3 is 2.47 bits per heavy atom. The first-order valence-electron chi connectivity index (χ1n) is 5.95. The molecule has 0 bridgehead atoms. The Morgan fingerprint density at radius 1 is 1.18 bits per heavy atom. The maximum atomic E-state index is 12.0. The predicted molar refractivity (Wildman–Crippen MR) is 66.5 cm³/mol. The largest absolute Gasteiger partial charge is 0.273 e. The first-order chi connectivity index (χ1) is 8.03. The highest BCUT2D eigenvalue weighted by Gasteiger charge is 2.66. The summed E-state index contributed by atoms with van der Waals surface area (Å²) in [6.45, 7) is 4.30. The van der Waals surface area contributed by atoms with Crippen molar-refractivity contribution in [3.8, 4) is 0 Å². The Balaban J connectivity index is 2.06. The van der Waals surface area contributed by atoms with Crippen molar-refractivity contribution >= 4 is 11.6 Å². The molecule has 1 aliphatic carbocycles. The molecule has 1 aliphatic heterocycles. The van der Waals surface area contributed by atoms with E-state index in [0.717, 1.165) is 11.3 Å². The van der Waals surface area contributed by atoms with Crippen molar-refractivity contribution in [2.75, 3.05) is 7.05 Å². The lowest BCUT2D eigenvalue weighted by molar-refractivity contribution is -0.132. The minimum atomic E-state index is 0.0521. The molecule has 2 aliphatic rings. The van der Waals surface area contributed by atoms with E-state index in [1.165, 1.54) is 5.01 Å². The Hall–Kier alpha value is -1.64. The summed E-state index contributed by atoms with van der Waals surface area (Å²) < 4.78 is 0. The lowest BCUT2D eigenvalue weighted by atomic mass is 10.0. The molecule has 17 heavy (non-hydrogen) atoms. The number of nitrogens with zero attached hydrogens (tertiary/aromatic N) is 2. The van der Waals surface area contributed by atoms with E-state index in [0.29, 0.717) is 0 Å². The summed E-state index contributed by atoms with van der Waals surface area (Å²) in [7, 11) is 1.75. The third-order valence-electron chi connectivity index (χ3n) is 4.03. The number of benzene rings is 1. The molecule has 1 heterocycles. The van der Waals surface area contributed by atoms with Gasteiger partial charge in [0.1, 0.15) is 0 Å². The summed E-state index contributed by atoms with van der Waals surface area (Å²) in [6, 6.07) is 10.1. The highest BCUT2D eigenvalue weighted by molar-refractivity contribution is 6.10. The topological polar surface area (TPSA) is 32.7 Å². The molecule has 1 aromatic rings. The van der Waals surface area contributed by atoms with Crippen LogP contribution in [0.2, 0.25) is 0 Å². The second-order valence-electron chi connectivity index (χ2n) is 5.49. The maximum Gasteiger partial charge on any atom is 0.246 e. The van der Waals surface area contributed by atoms with E-state index in [-0.39, 0.29) is 23.2 Å². The summed E-state index contributed by atoms with van der Waals surface area (Å²) in [6.07, 6.45) is 0. The molecule has 0 N–H and O–H groups in total. The number of carbonyl (C=O) groups is 1. The van der Waals surface area contributed by atoms with Crippen LogP contribution in [0.4, 0.5) is 0 Å². The van der Waals surface area contributed by atoms with Gasteiger partial charge in [0.2, 0.25) is 5.91 Å². The van der Waals surface area contributed by atoms with E-state index in [1.54, 1.807) is 7.05 Å². The third kappa shape index (κ3) is 1.35. The van der Waals surface area contributed by atoms with Gasteiger partial charge in [-0.2, -0.15) is 5.10 Å². The summed E-state index contributed by atoms with van der Waals surface area (Å²) in [5, 5.41) is 5.95. The van der Waals surface area contributed by atoms with Gasteiger partial charge < -0.3 is 0 Å². The van der Waals surface area contributed by atoms with Gasteiger partial charge in [-0.1, -0.05) is 44.2 Å². The van der Waals surface area contributed by atoms with E-state index >= 15 is 0 Å². The van der Waals surface area contributed by atoms with Crippen LogP contribution in [0.15, 0.2) is 35.4 Å². The summed E-state index contributed by atoms with van der Waals surface area (Å²) in [5.41, 5.74) is 2.24. The van der Waals surface area contributed by atoms with E-state index in [9.17, 15) is 4.79 Å². The van der Waals surface area contributed by atoms with Crippen LogP contribution in [-0.4, -0.2) is 23.7 Å². The monoisotopic (exact) mass is 228 g/mol. The van der Waals surface area contributed by atoms with Gasteiger partial charge in [-0.25, -0.2) is 5.01 Å². The number of hydrogen-bond acceptors (Lipinski definition) is 2. The van der Waals surface area contributed by atoms with Crippen molar-refractivity contribution in [2.24, 2.45) is 22.4 Å². The smallest absolute Gasteiger partial charge is 0.246 e. The molecule has 1 aromatic carbocycles. The fourth-order valence-corrected chi connectivity index (χ4v) is 2.93.